The number of ether oxygens (including phenoxy) is 1. The maximum absolute atomic E-state index is 12.4. The monoisotopic (exact) mass is 335 g/mol. The number of rotatable bonds is 6. The van der Waals surface area contributed by atoms with Gasteiger partial charge in [-0.25, -0.2) is 4.98 Å². The molecule has 128 valence electrons. The van der Waals surface area contributed by atoms with Crippen molar-refractivity contribution in [2.45, 2.75) is 26.3 Å². The molecule has 25 heavy (non-hydrogen) atoms. The van der Waals surface area contributed by atoms with Gasteiger partial charge in [-0.15, -0.1) is 0 Å². The number of carbonyl (C=O) groups is 1. The van der Waals surface area contributed by atoms with Crippen LogP contribution in [0.2, 0.25) is 0 Å². The van der Waals surface area contributed by atoms with E-state index in [1.54, 1.807) is 18.3 Å². The Labute approximate surface area is 146 Å². The summed E-state index contributed by atoms with van der Waals surface area (Å²) in [6, 6.07) is 11.7. The third-order valence-corrected chi connectivity index (χ3v) is 4.43. The smallest absolute Gasteiger partial charge is 0.251 e. The molecule has 1 aliphatic rings. The molecule has 1 fully saturated rings. The van der Waals surface area contributed by atoms with Crippen molar-refractivity contribution < 1.29 is 9.53 Å². The average molecular weight is 335 g/mol. The van der Waals surface area contributed by atoms with Gasteiger partial charge >= 0.3 is 0 Å². The number of aromatic amines is 1. The van der Waals surface area contributed by atoms with E-state index in [0.717, 1.165) is 22.2 Å². The van der Waals surface area contributed by atoms with E-state index in [2.05, 4.69) is 27.4 Å². The van der Waals surface area contributed by atoms with E-state index < -0.39 is 0 Å². The van der Waals surface area contributed by atoms with Gasteiger partial charge in [-0.05, 0) is 60.9 Å². The molecule has 5 nitrogen and oxygen atoms in total. The van der Waals surface area contributed by atoms with Gasteiger partial charge in [0, 0.05) is 35.6 Å². The minimum Gasteiger partial charge on any atom is -0.477 e. The van der Waals surface area contributed by atoms with Crippen LogP contribution in [0.3, 0.4) is 0 Å². The number of benzene rings is 1. The van der Waals surface area contributed by atoms with Gasteiger partial charge in [0.05, 0.1) is 6.61 Å². The molecular weight excluding hydrogens is 314 g/mol. The quantitative estimate of drug-likeness (QED) is 0.723. The molecule has 0 unspecified atom stereocenters. The average Bonchev–Trinajstić information content (AvgIpc) is 3.37. The van der Waals surface area contributed by atoms with E-state index in [0.29, 0.717) is 30.5 Å². The van der Waals surface area contributed by atoms with E-state index in [1.165, 1.54) is 12.8 Å². The summed E-state index contributed by atoms with van der Waals surface area (Å²) in [7, 11) is 0. The highest BCUT2D eigenvalue weighted by Gasteiger charge is 2.22. The second-order valence-electron chi connectivity index (χ2n) is 6.69. The van der Waals surface area contributed by atoms with E-state index in [1.807, 2.05) is 19.1 Å². The van der Waals surface area contributed by atoms with Crippen molar-refractivity contribution in [2.24, 2.45) is 5.92 Å². The van der Waals surface area contributed by atoms with Crippen LogP contribution < -0.4 is 10.1 Å². The van der Waals surface area contributed by atoms with Crippen LogP contribution in [0.25, 0.3) is 10.9 Å². The number of aryl methyl sites for hydroxylation is 1. The molecular formula is C20H21N3O2. The number of aromatic nitrogens is 2. The van der Waals surface area contributed by atoms with Gasteiger partial charge in [-0.3, -0.25) is 4.79 Å². The van der Waals surface area contributed by atoms with Gasteiger partial charge in [0.1, 0.15) is 0 Å². The van der Waals surface area contributed by atoms with Crippen molar-refractivity contribution in [1.29, 1.82) is 0 Å². The molecule has 1 aromatic carbocycles. The number of hydrogen-bond acceptors (Lipinski definition) is 3. The first kappa shape index (κ1) is 15.7. The number of pyridine rings is 1. The number of carbonyl (C=O) groups excluding carboxylic acids is 1. The van der Waals surface area contributed by atoms with Crippen LogP contribution in [0.5, 0.6) is 5.88 Å². The summed E-state index contributed by atoms with van der Waals surface area (Å²) in [6.45, 7) is 3.21. The number of nitrogens with zero attached hydrogens (tertiary/aromatic N) is 1. The Kier molecular flexibility index (Phi) is 4.14. The molecule has 0 radical (unpaired) electrons. The molecule has 2 heterocycles. The van der Waals surface area contributed by atoms with Crippen LogP contribution in [0.15, 0.2) is 42.6 Å². The summed E-state index contributed by atoms with van der Waals surface area (Å²) < 4.78 is 5.64. The molecule has 3 aromatic rings. The summed E-state index contributed by atoms with van der Waals surface area (Å²) in [4.78, 5) is 19.9. The fourth-order valence-electron chi connectivity index (χ4n) is 2.84. The lowest BCUT2D eigenvalue weighted by molar-refractivity contribution is 0.0950. The summed E-state index contributed by atoms with van der Waals surface area (Å²) in [5.41, 5.74) is 3.88. The molecule has 1 amide bonds. The number of nitrogens with one attached hydrogen (secondary N) is 2. The zero-order chi connectivity index (χ0) is 17.2. The van der Waals surface area contributed by atoms with Gasteiger partial charge < -0.3 is 15.0 Å². The lowest BCUT2D eigenvalue weighted by Gasteiger charge is -2.08. The van der Waals surface area contributed by atoms with Crippen LogP contribution in [0, 0.1) is 12.8 Å². The Morgan fingerprint density at radius 2 is 2.16 bits per heavy atom. The molecule has 4 rings (SSSR count). The standard InChI is InChI=1S/C20H21N3O2/c1-13-8-17-9-15(4-5-18(17)23-13)11-22-20(24)16-6-7-21-19(10-16)25-12-14-2-3-14/h4-10,14,23H,2-3,11-12H2,1H3,(H,22,24). The molecule has 0 spiro atoms. The molecule has 0 atom stereocenters. The highest BCUT2D eigenvalue weighted by atomic mass is 16.5. The zero-order valence-corrected chi connectivity index (χ0v) is 14.2. The van der Waals surface area contributed by atoms with Gasteiger partial charge in [-0.1, -0.05) is 6.07 Å². The Balaban J connectivity index is 1.39. The van der Waals surface area contributed by atoms with Gasteiger partial charge in [0.25, 0.3) is 5.91 Å². The SMILES string of the molecule is Cc1cc2cc(CNC(=O)c3ccnc(OCC4CC4)c3)ccc2[nH]1. The molecule has 0 saturated heterocycles. The highest BCUT2D eigenvalue weighted by molar-refractivity contribution is 5.94. The lowest BCUT2D eigenvalue weighted by Crippen LogP contribution is -2.22. The van der Waals surface area contributed by atoms with Crippen molar-refractivity contribution in [1.82, 2.24) is 15.3 Å². The van der Waals surface area contributed by atoms with E-state index in [9.17, 15) is 4.79 Å². The summed E-state index contributed by atoms with van der Waals surface area (Å²) in [6.07, 6.45) is 4.07. The second kappa shape index (κ2) is 6.59. The van der Waals surface area contributed by atoms with Crippen molar-refractivity contribution >= 4 is 16.8 Å². The Morgan fingerprint density at radius 1 is 1.28 bits per heavy atom. The Morgan fingerprint density at radius 3 is 3.00 bits per heavy atom. The van der Waals surface area contributed by atoms with Gasteiger partial charge in [-0.2, -0.15) is 0 Å². The fraction of sp³-hybridized carbons (Fsp3) is 0.300. The van der Waals surface area contributed by atoms with Crippen LogP contribution in [0.1, 0.15) is 34.5 Å². The van der Waals surface area contributed by atoms with E-state index in [4.69, 9.17) is 4.74 Å². The maximum Gasteiger partial charge on any atom is 0.251 e. The van der Waals surface area contributed by atoms with Crippen molar-refractivity contribution in [3.63, 3.8) is 0 Å². The van der Waals surface area contributed by atoms with Gasteiger partial charge in [0.15, 0.2) is 0 Å². The summed E-state index contributed by atoms with van der Waals surface area (Å²) >= 11 is 0. The third kappa shape index (κ3) is 3.82. The zero-order valence-electron chi connectivity index (χ0n) is 14.2. The maximum atomic E-state index is 12.4. The van der Waals surface area contributed by atoms with Crippen LogP contribution in [0.4, 0.5) is 0 Å². The third-order valence-electron chi connectivity index (χ3n) is 4.43. The van der Waals surface area contributed by atoms with Crippen molar-refractivity contribution in [2.75, 3.05) is 6.61 Å². The lowest BCUT2D eigenvalue weighted by atomic mass is 10.1. The molecule has 0 bridgehead atoms. The van der Waals surface area contributed by atoms with Crippen LogP contribution in [-0.2, 0) is 6.54 Å². The van der Waals surface area contributed by atoms with E-state index in [-0.39, 0.29) is 5.91 Å². The number of amides is 1. The Bertz CT molecular complexity index is 912. The summed E-state index contributed by atoms with van der Waals surface area (Å²) in [5.74, 6) is 1.05. The van der Waals surface area contributed by atoms with E-state index >= 15 is 0 Å². The number of hydrogen-bond donors (Lipinski definition) is 2. The fourth-order valence-corrected chi connectivity index (χ4v) is 2.84. The molecule has 5 heteroatoms. The topological polar surface area (TPSA) is 67.0 Å². The largest absolute Gasteiger partial charge is 0.477 e. The Hall–Kier alpha value is -2.82. The highest BCUT2D eigenvalue weighted by Crippen LogP contribution is 2.29. The second-order valence-corrected chi connectivity index (χ2v) is 6.69. The predicted octanol–water partition coefficient (Wildman–Crippen LogP) is 3.59. The van der Waals surface area contributed by atoms with Crippen molar-refractivity contribution in [3.05, 3.63) is 59.4 Å². The first-order valence-electron chi connectivity index (χ1n) is 8.63. The first-order valence-corrected chi connectivity index (χ1v) is 8.63. The molecule has 2 N–H and O–H groups in total. The predicted molar refractivity (Wildman–Crippen MR) is 96.7 cm³/mol. The van der Waals surface area contributed by atoms with Crippen LogP contribution in [-0.4, -0.2) is 22.5 Å². The number of H-pyrrole nitrogens is 1. The summed E-state index contributed by atoms with van der Waals surface area (Å²) in [5, 5.41) is 4.12. The number of fused-ring (bicyclic) bond motifs is 1. The molecule has 0 aliphatic heterocycles. The van der Waals surface area contributed by atoms with Crippen molar-refractivity contribution in [3.8, 4) is 5.88 Å². The molecule has 2 aromatic heterocycles. The first-order chi connectivity index (χ1) is 12.2. The molecule has 1 saturated carbocycles. The molecule has 1 aliphatic carbocycles. The van der Waals surface area contributed by atoms with Gasteiger partial charge in [0.2, 0.25) is 5.88 Å². The minimum absolute atomic E-state index is 0.121. The minimum atomic E-state index is -0.121. The van der Waals surface area contributed by atoms with Crippen LogP contribution >= 0.6 is 0 Å². The normalized spacial score (nSPS) is 13.8.